The van der Waals surface area contributed by atoms with E-state index in [9.17, 15) is 9.90 Å². The number of hydrogen-bond acceptors (Lipinski definition) is 5. The zero-order valence-electron chi connectivity index (χ0n) is 14.2. The highest BCUT2D eigenvalue weighted by atomic mass is 35.5. The van der Waals surface area contributed by atoms with Gasteiger partial charge in [-0.1, -0.05) is 0 Å². The van der Waals surface area contributed by atoms with Crippen LogP contribution in [0.5, 0.6) is 0 Å². The van der Waals surface area contributed by atoms with Crippen LogP contribution >= 0.6 is 24.8 Å². The van der Waals surface area contributed by atoms with Crippen LogP contribution in [0.15, 0.2) is 24.5 Å². The molecule has 1 saturated carbocycles. The van der Waals surface area contributed by atoms with E-state index in [1.54, 1.807) is 0 Å². The molecular weight excluding hydrogens is 363 g/mol. The van der Waals surface area contributed by atoms with E-state index in [0.717, 1.165) is 32.5 Å². The molecule has 25 heavy (non-hydrogen) atoms. The molecule has 0 bridgehead atoms. The number of nitrogens with one attached hydrogen (secondary N) is 1. The van der Waals surface area contributed by atoms with Crippen molar-refractivity contribution in [2.75, 3.05) is 13.1 Å². The number of aliphatic hydroxyl groups is 1. The van der Waals surface area contributed by atoms with Gasteiger partial charge in [-0.2, -0.15) is 0 Å². The van der Waals surface area contributed by atoms with E-state index in [1.165, 1.54) is 5.56 Å². The number of nitrogens with two attached hydrogens (primary N) is 1. The number of aliphatic hydroxyl groups excluding tert-OH is 1. The summed E-state index contributed by atoms with van der Waals surface area (Å²) in [6, 6.07) is 4.07. The Kier molecular flexibility index (Phi) is 9.10. The fourth-order valence-electron chi connectivity index (χ4n) is 3.56. The molecule has 142 valence electrons. The number of halogens is 2. The minimum atomic E-state index is -0.534. The van der Waals surface area contributed by atoms with Crippen LogP contribution in [0.4, 0.5) is 0 Å². The molecule has 0 spiro atoms. The molecule has 4 N–H and O–H groups in total. The summed E-state index contributed by atoms with van der Waals surface area (Å²) in [6.07, 6.45) is 6.14. The number of hydrogen-bond donors (Lipinski definition) is 3. The largest absolute Gasteiger partial charge is 0.391 e. The standard InChI is InChI=1S/C17H26N4O2.2ClH/c18-15-9-13(10-16(15)22)17(23)20-14-3-7-21(8-4-14)11-12-1-5-19-6-2-12;;/h1-2,5-6,13-16,22H,3-4,7-11,18H2,(H,20,23);2*1H/t13-,15-,16-;;/m0../s1. The molecule has 2 heterocycles. The third kappa shape index (κ3) is 6.08. The zero-order chi connectivity index (χ0) is 16.2. The topological polar surface area (TPSA) is 91.5 Å². The molecule has 6 nitrogen and oxygen atoms in total. The number of rotatable bonds is 4. The number of nitrogens with zero attached hydrogens (tertiary/aromatic N) is 2. The van der Waals surface area contributed by atoms with Crippen molar-refractivity contribution in [3.63, 3.8) is 0 Å². The van der Waals surface area contributed by atoms with Gasteiger partial charge in [0.25, 0.3) is 0 Å². The third-order valence-electron chi connectivity index (χ3n) is 5.04. The van der Waals surface area contributed by atoms with Gasteiger partial charge in [0, 0.05) is 50.0 Å². The summed E-state index contributed by atoms with van der Waals surface area (Å²) >= 11 is 0. The molecule has 8 heteroatoms. The molecule has 1 aromatic rings. The van der Waals surface area contributed by atoms with Crippen LogP contribution in [-0.2, 0) is 11.3 Å². The smallest absolute Gasteiger partial charge is 0.223 e. The van der Waals surface area contributed by atoms with Gasteiger partial charge in [0.05, 0.1) is 6.10 Å². The normalized spacial score (nSPS) is 27.2. The van der Waals surface area contributed by atoms with E-state index in [4.69, 9.17) is 5.73 Å². The van der Waals surface area contributed by atoms with Gasteiger partial charge in [0.1, 0.15) is 0 Å². The van der Waals surface area contributed by atoms with Crippen LogP contribution in [0.3, 0.4) is 0 Å². The van der Waals surface area contributed by atoms with E-state index >= 15 is 0 Å². The van der Waals surface area contributed by atoms with E-state index in [2.05, 4.69) is 15.2 Å². The molecule has 1 aromatic heterocycles. The number of aromatic nitrogens is 1. The molecule has 1 amide bonds. The first-order valence-corrected chi connectivity index (χ1v) is 8.47. The van der Waals surface area contributed by atoms with Crippen molar-refractivity contribution in [2.24, 2.45) is 11.7 Å². The molecule has 2 aliphatic rings. The van der Waals surface area contributed by atoms with Crippen molar-refractivity contribution in [2.45, 2.75) is 50.4 Å². The second-order valence-corrected chi connectivity index (χ2v) is 6.81. The average Bonchev–Trinajstić information content (AvgIpc) is 2.90. The van der Waals surface area contributed by atoms with E-state index in [0.29, 0.717) is 12.8 Å². The van der Waals surface area contributed by atoms with Gasteiger partial charge in [0.15, 0.2) is 0 Å². The van der Waals surface area contributed by atoms with Crippen molar-refractivity contribution >= 4 is 30.7 Å². The Balaban J connectivity index is 0.00000156. The summed E-state index contributed by atoms with van der Waals surface area (Å²) in [6.45, 7) is 2.91. The van der Waals surface area contributed by atoms with Gasteiger partial charge in [-0.25, -0.2) is 0 Å². The summed E-state index contributed by atoms with van der Waals surface area (Å²) in [4.78, 5) is 18.7. The minimum absolute atomic E-state index is 0. The molecular formula is C17H28Cl2N4O2. The first-order chi connectivity index (χ1) is 11.1. The lowest BCUT2D eigenvalue weighted by Crippen LogP contribution is -2.46. The number of pyridine rings is 1. The summed E-state index contributed by atoms with van der Waals surface area (Å²) in [7, 11) is 0. The third-order valence-corrected chi connectivity index (χ3v) is 5.04. The number of piperidine rings is 1. The van der Waals surface area contributed by atoms with Gasteiger partial charge in [-0.3, -0.25) is 14.7 Å². The van der Waals surface area contributed by atoms with Crippen molar-refractivity contribution in [3.05, 3.63) is 30.1 Å². The van der Waals surface area contributed by atoms with Crippen molar-refractivity contribution < 1.29 is 9.90 Å². The number of carbonyl (C=O) groups excluding carboxylic acids is 1. The molecule has 0 aromatic carbocycles. The monoisotopic (exact) mass is 390 g/mol. The SMILES string of the molecule is Cl.Cl.N[C@H]1C[C@H](C(=O)NC2CCN(Cc3ccncc3)CC2)C[C@@H]1O. The van der Waals surface area contributed by atoms with Crippen molar-refractivity contribution in [1.82, 2.24) is 15.2 Å². The number of amides is 1. The van der Waals surface area contributed by atoms with E-state index < -0.39 is 6.10 Å². The first kappa shape index (κ1) is 22.1. The van der Waals surface area contributed by atoms with E-state index in [1.807, 2.05) is 24.5 Å². The highest BCUT2D eigenvalue weighted by molar-refractivity contribution is 5.85. The van der Waals surface area contributed by atoms with Crippen LogP contribution in [0.2, 0.25) is 0 Å². The zero-order valence-corrected chi connectivity index (χ0v) is 15.8. The minimum Gasteiger partial charge on any atom is -0.391 e. The highest BCUT2D eigenvalue weighted by Crippen LogP contribution is 2.25. The Morgan fingerprint density at radius 3 is 2.44 bits per heavy atom. The summed E-state index contributed by atoms with van der Waals surface area (Å²) in [5.41, 5.74) is 7.06. The lowest BCUT2D eigenvalue weighted by atomic mass is 10.0. The fourth-order valence-corrected chi connectivity index (χ4v) is 3.56. The van der Waals surface area contributed by atoms with Crippen LogP contribution < -0.4 is 11.1 Å². The molecule has 1 aliphatic carbocycles. The second kappa shape index (κ2) is 10.3. The summed E-state index contributed by atoms with van der Waals surface area (Å²) in [5.74, 6) is -0.0700. The second-order valence-electron chi connectivity index (χ2n) is 6.81. The molecule has 3 rings (SSSR count). The molecule has 1 aliphatic heterocycles. The predicted octanol–water partition coefficient (Wildman–Crippen LogP) is 1.10. The number of carbonyl (C=O) groups is 1. The molecule has 0 radical (unpaired) electrons. The van der Waals surface area contributed by atoms with Gasteiger partial charge in [-0.15, -0.1) is 24.8 Å². The van der Waals surface area contributed by atoms with Crippen LogP contribution in [-0.4, -0.2) is 52.2 Å². The van der Waals surface area contributed by atoms with Crippen molar-refractivity contribution in [1.29, 1.82) is 0 Å². The maximum atomic E-state index is 12.3. The van der Waals surface area contributed by atoms with Crippen LogP contribution in [0.1, 0.15) is 31.2 Å². The van der Waals surface area contributed by atoms with Gasteiger partial charge in [0.2, 0.25) is 5.91 Å². The van der Waals surface area contributed by atoms with Crippen LogP contribution in [0, 0.1) is 5.92 Å². The predicted molar refractivity (Wildman–Crippen MR) is 102 cm³/mol. The molecule has 1 saturated heterocycles. The Morgan fingerprint density at radius 1 is 1.24 bits per heavy atom. The summed E-state index contributed by atoms with van der Waals surface area (Å²) in [5, 5.41) is 12.8. The van der Waals surface area contributed by atoms with Gasteiger partial charge < -0.3 is 16.2 Å². The maximum Gasteiger partial charge on any atom is 0.223 e. The molecule has 3 atom stereocenters. The maximum absolute atomic E-state index is 12.3. The summed E-state index contributed by atoms with van der Waals surface area (Å²) < 4.78 is 0. The van der Waals surface area contributed by atoms with E-state index in [-0.39, 0.29) is 48.7 Å². The van der Waals surface area contributed by atoms with Gasteiger partial charge >= 0.3 is 0 Å². The quantitative estimate of drug-likeness (QED) is 0.715. The number of likely N-dealkylation sites (tertiary alicyclic amines) is 1. The Labute approximate surface area is 161 Å². The Hall–Kier alpha value is -0.920. The Morgan fingerprint density at radius 2 is 1.88 bits per heavy atom. The lowest BCUT2D eigenvalue weighted by molar-refractivity contribution is -0.126. The van der Waals surface area contributed by atoms with Crippen molar-refractivity contribution in [3.8, 4) is 0 Å². The molecule has 0 unspecified atom stereocenters. The average molecular weight is 391 g/mol. The highest BCUT2D eigenvalue weighted by Gasteiger charge is 2.35. The first-order valence-electron chi connectivity index (χ1n) is 8.47. The van der Waals surface area contributed by atoms with Crippen LogP contribution in [0.25, 0.3) is 0 Å². The fraction of sp³-hybridized carbons (Fsp3) is 0.647. The Bertz CT molecular complexity index is 517. The lowest BCUT2D eigenvalue weighted by Gasteiger charge is -2.32. The molecule has 2 fully saturated rings. The van der Waals surface area contributed by atoms with Gasteiger partial charge in [-0.05, 0) is 43.4 Å².